The van der Waals surface area contributed by atoms with Gasteiger partial charge in [-0.3, -0.25) is 10.1 Å². The highest BCUT2D eigenvalue weighted by molar-refractivity contribution is 5.81. The number of halogens is 2. The van der Waals surface area contributed by atoms with Crippen LogP contribution in [0.2, 0.25) is 0 Å². The van der Waals surface area contributed by atoms with E-state index in [9.17, 15) is 18.4 Å². The molecule has 1 saturated heterocycles. The molecule has 2 rings (SSSR count). The van der Waals surface area contributed by atoms with Crippen LogP contribution in [0.25, 0.3) is 0 Å². The Morgan fingerprint density at radius 2 is 2.00 bits per heavy atom. The van der Waals surface area contributed by atoms with Crippen molar-refractivity contribution in [3.05, 3.63) is 35.4 Å². The quantitative estimate of drug-likeness (QED) is 0.834. The summed E-state index contributed by atoms with van der Waals surface area (Å²) in [6.07, 6.45) is 1.87. The van der Waals surface area contributed by atoms with E-state index >= 15 is 0 Å². The van der Waals surface area contributed by atoms with Gasteiger partial charge in [-0.15, -0.1) is 0 Å². The monoisotopic (exact) mass is 340 g/mol. The van der Waals surface area contributed by atoms with E-state index in [1.165, 1.54) is 0 Å². The van der Waals surface area contributed by atoms with Gasteiger partial charge in [-0.25, -0.2) is 13.6 Å². The Balaban J connectivity index is 2.05. The molecule has 1 fully saturated rings. The predicted octanol–water partition coefficient (Wildman–Crippen LogP) is 2.03. The molecule has 0 bridgehead atoms. The van der Waals surface area contributed by atoms with Crippen LogP contribution in [0, 0.1) is 17.6 Å². The van der Waals surface area contributed by atoms with E-state index in [-0.39, 0.29) is 18.0 Å². The summed E-state index contributed by atoms with van der Waals surface area (Å²) >= 11 is 0. The molecule has 1 aromatic carbocycles. The van der Waals surface area contributed by atoms with Crippen molar-refractivity contribution in [3.63, 3.8) is 0 Å². The van der Waals surface area contributed by atoms with Crippen molar-refractivity contribution in [2.45, 2.75) is 25.8 Å². The Hall–Kier alpha value is -2.02. The minimum Gasteiger partial charge on any atom is -0.468 e. The summed E-state index contributed by atoms with van der Waals surface area (Å²) in [5, 5.41) is 2.69. The molecule has 1 aliphatic heterocycles. The first kappa shape index (κ1) is 18.3. The highest BCUT2D eigenvalue weighted by Crippen LogP contribution is 2.20. The van der Waals surface area contributed by atoms with E-state index in [0.717, 1.165) is 38.2 Å². The number of piperidine rings is 1. The van der Waals surface area contributed by atoms with Gasteiger partial charge < -0.3 is 9.64 Å². The van der Waals surface area contributed by atoms with E-state index < -0.39 is 23.6 Å². The van der Waals surface area contributed by atoms with Crippen molar-refractivity contribution in [1.29, 1.82) is 0 Å². The summed E-state index contributed by atoms with van der Waals surface area (Å²) < 4.78 is 31.9. The van der Waals surface area contributed by atoms with Crippen molar-refractivity contribution in [2.75, 3.05) is 26.7 Å². The molecule has 1 N–H and O–H groups in total. The molecule has 0 spiro atoms. The molecule has 1 aromatic rings. The van der Waals surface area contributed by atoms with E-state index in [1.54, 1.807) is 4.90 Å². The second-order valence-electron chi connectivity index (χ2n) is 6.07. The molecule has 24 heavy (non-hydrogen) atoms. The molecule has 132 valence electrons. The fourth-order valence-electron chi connectivity index (χ4n) is 2.73. The number of hydrogen-bond donors (Lipinski definition) is 1. The predicted molar refractivity (Wildman–Crippen MR) is 84.1 cm³/mol. The van der Waals surface area contributed by atoms with E-state index in [2.05, 4.69) is 17.0 Å². The van der Waals surface area contributed by atoms with Gasteiger partial charge in [0.05, 0.1) is 13.7 Å². The third-order valence-corrected chi connectivity index (χ3v) is 4.30. The maximum absolute atomic E-state index is 13.9. The molecule has 0 radical (unpaired) electrons. The summed E-state index contributed by atoms with van der Waals surface area (Å²) in [6, 6.07) is 1.60. The first-order valence-electron chi connectivity index (χ1n) is 7.96. The molecule has 0 saturated carbocycles. The number of benzene rings is 1. The van der Waals surface area contributed by atoms with Crippen LogP contribution in [0.3, 0.4) is 0 Å². The normalized spacial score (nSPS) is 16.8. The third kappa shape index (κ3) is 4.50. The zero-order valence-electron chi connectivity index (χ0n) is 13.9. The number of methoxy groups -OCH3 is 1. The topological polar surface area (TPSA) is 58.6 Å². The Bertz CT molecular complexity index is 601. The molecule has 1 aliphatic rings. The highest BCUT2D eigenvalue weighted by Gasteiger charge is 2.27. The number of nitrogens with zero attached hydrogens (tertiary/aromatic N) is 1. The van der Waals surface area contributed by atoms with Crippen LogP contribution in [0.4, 0.5) is 8.78 Å². The average molecular weight is 340 g/mol. The fourth-order valence-corrected chi connectivity index (χ4v) is 2.73. The molecular formula is C17H22F2N2O3. The van der Waals surface area contributed by atoms with Crippen molar-refractivity contribution in [3.8, 4) is 0 Å². The summed E-state index contributed by atoms with van der Waals surface area (Å²) in [5.74, 6) is -1.77. The zero-order chi connectivity index (χ0) is 17.7. The SMILES string of the molecule is COC(=O)[C@@H](NCC(=O)N1CCC(C)CC1)c1cc(F)ccc1F. The Morgan fingerprint density at radius 1 is 1.33 bits per heavy atom. The second-order valence-corrected chi connectivity index (χ2v) is 6.07. The number of hydrogen-bond acceptors (Lipinski definition) is 4. The summed E-state index contributed by atoms with van der Waals surface area (Å²) in [7, 11) is 1.15. The maximum atomic E-state index is 13.9. The Labute approximate surface area is 140 Å². The van der Waals surface area contributed by atoms with Crippen LogP contribution in [0.1, 0.15) is 31.4 Å². The lowest BCUT2D eigenvalue weighted by Gasteiger charge is -2.30. The molecule has 1 heterocycles. The number of rotatable bonds is 5. The summed E-state index contributed by atoms with van der Waals surface area (Å²) in [4.78, 5) is 25.9. The van der Waals surface area contributed by atoms with Crippen LogP contribution in [0.5, 0.6) is 0 Å². The maximum Gasteiger partial charge on any atom is 0.327 e. The van der Waals surface area contributed by atoms with Gasteiger partial charge in [-0.2, -0.15) is 0 Å². The molecule has 0 aliphatic carbocycles. The molecule has 0 aromatic heterocycles. The number of likely N-dealkylation sites (tertiary alicyclic amines) is 1. The molecule has 1 atom stereocenters. The number of carbonyl (C=O) groups excluding carboxylic acids is 2. The Kier molecular flexibility index (Phi) is 6.25. The number of nitrogens with one attached hydrogen (secondary N) is 1. The van der Waals surface area contributed by atoms with Gasteiger partial charge in [0.1, 0.15) is 17.7 Å². The van der Waals surface area contributed by atoms with E-state index in [0.29, 0.717) is 19.0 Å². The first-order chi connectivity index (χ1) is 11.4. The van der Waals surface area contributed by atoms with Gasteiger partial charge >= 0.3 is 5.97 Å². The lowest BCUT2D eigenvalue weighted by molar-refractivity contribution is -0.143. The van der Waals surface area contributed by atoms with E-state index in [1.807, 2.05) is 0 Å². The van der Waals surface area contributed by atoms with Crippen molar-refractivity contribution in [1.82, 2.24) is 10.2 Å². The van der Waals surface area contributed by atoms with Gasteiger partial charge in [0.15, 0.2) is 0 Å². The number of amides is 1. The van der Waals surface area contributed by atoms with Gasteiger partial charge in [0, 0.05) is 18.7 Å². The van der Waals surface area contributed by atoms with Crippen LogP contribution in [-0.2, 0) is 14.3 Å². The van der Waals surface area contributed by atoms with Gasteiger partial charge in [-0.1, -0.05) is 6.92 Å². The fraction of sp³-hybridized carbons (Fsp3) is 0.529. The van der Waals surface area contributed by atoms with Gasteiger partial charge in [0.2, 0.25) is 5.91 Å². The van der Waals surface area contributed by atoms with E-state index in [4.69, 9.17) is 0 Å². The molecule has 0 unspecified atom stereocenters. The van der Waals surface area contributed by atoms with Crippen molar-refractivity contribution >= 4 is 11.9 Å². The lowest BCUT2D eigenvalue weighted by Crippen LogP contribution is -2.44. The van der Waals surface area contributed by atoms with Crippen LogP contribution in [-0.4, -0.2) is 43.5 Å². The minimum atomic E-state index is -1.24. The molecule has 5 nitrogen and oxygen atoms in total. The molecular weight excluding hydrogens is 318 g/mol. The highest BCUT2D eigenvalue weighted by atomic mass is 19.1. The zero-order valence-corrected chi connectivity index (χ0v) is 13.9. The lowest BCUT2D eigenvalue weighted by atomic mass is 9.99. The average Bonchev–Trinajstić information content (AvgIpc) is 2.58. The van der Waals surface area contributed by atoms with Crippen LogP contribution >= 0.6 is 0 Å². The number of carbonyl (C=O) groups is 2. The standard InChI is InChI=1S/C17H22F2N2O3/c1-11-5-7-21(8-6-11)15(22)10-20-16(17(23)24-2)13-9-12(18)3-4-14(13)19/h3-4,9,11,16,20H,5-8,10H2,1-2H3/t16-/m0/s1. The molecule has 7 heteroatoms. The van der Waals surface area contributed by atoms with Crippen LogP contribution < -0.4 is 5.32 Å². The smallest absolute Gasteiger partial charge is 0.327 e. The van der Waals surface area contributed by atoms with Crippen molar-refractivity contribution < 1.29 is 23.1 Å². The van der Waals surface area contributed by atoms with Crippen molar-refractivity contribution in [2.24, 2.45) is 5.92 Å². The minimum absolute atomic E-state index is 0.149. The number of esters is 1. The third-order valence-electron chi connectivity index (χ3n) is 4.30. The van der Waals surface area contributed by atoms with Gasteiger partial charge in [0.25, 0.3) is 0 Å². The first-order valence-corrected chi connectivity index (χ1v) is 7.96. The largest absolute Gasteiger partial charge is 0.468 e. The summed E-state index contributed by atoms with van der Waals surface area (Å²) in [5.41, 5.74) is -0.179. The Morgan fingerprint density at radius 3 is 2.62 bits per heavy atom. The van der Waals surface area contributed by atoms with Gasteiger partial charge in [-0.05, 0) is 37.0 Å². The molecule has 1 amide bonds. The van der Waals surface area contributed by atoms with Crippen LogP contribution in [0.15, 0.2) is 18.2 Å². The second kappa shape index (κ2) is 8.19. The number of ether oxygens (including phenoxy) is 1. The summed E-state index contributed by atoms with van der Waals surface area (Å²) in [6.45, 7) is 3.32.